The summed E-state index contributed by atoms with van der Waals surface area (Å²) in [5.41, 5.74) is -2.06. The van der Waals surface area contributed by atoms with Gasteiger partial charge >= 0.3 is 11.9 Å². The lowest BCUT2D eigenvalue weighted by Crippen LogP contribution is -2.80. The number of carbonyl (C=O) groups is 2. The highest BCUT2D eigenvalue weighted by Crippen LogP contribution is 2.81. The first-order chi connectivity index (χ1) is 17.3. The normalized spacial score (nSPS) is 48.3. The maximum absolute atomic E-state index is 13.6. The van der Waals surface area contributed by atoms with Crippen molar-refractivity contribution in [2.45, 2.75) is 90.6 Å². The first-order valence-corrected chi connectivity index (χ1v) is 13.0. The van der Waals surface area contributed by atoms with Gasteiger partial charge in [0.05, 0.1) is 24.9 Å². The van der Waals surface area contributed by atoms with Crippen molar-refractivity contribution >= 4 is 11.9 Å². The molecule has 4 saturated carbocycles. The SMILES string of the molecule is COc1ccc(C(=O)OC2C3OC(O)C4(C)C5C(OC(C)=O)CC(C)C25C2OC(C)(C)OC2C34C)cc1. The Balaban J connectivity index is 1.51. The van der Waals surface area contributed by atoms with E-state index in [1.165, 1.54) is 6.92 Å². The monoisotopic (exact) mass is 516 g/mol. The molecule has 11 unspecified atom stereocenters. The molecule has 0 amide bonds. The second kappa shape index (κ2) is 7.68. The van der Waals surface area contributed by atoms with Crippen LogP contribution in [0.5, 0.6) is 5.75 Å². The Morgan fingerprint density at radius 1 is 0.973 bits per heavy atom. The number of benzene rings is 1. The highest BCUT2D eigenvalue weighted by molar-refractivity contribution is 5.89. The van der Waals surface area contributed by atoms with E-state index in [0.717, 1.165) is 0 Å². The molecule has 9 nitrogen and oxygen atoms in total. The fourth-order valence-corrected chi connectivity index (χ4v) is 8.87. The van der Waals surface area contributed by atoms with Crippen LogP contribution in [0.25, 0.3) is 0 Å². The molecular weight excluding hydrogens is 480 g/mol. The number of esters is 2. The van der Waals surface area contributed by atoms with E-state index in [1.54, 1.807) is 31.4 Å². The van der Waals surface area contributed by atoms with E-state index in [2.05, 4.69) is 6.92 Å². The van der Waals surface area contributed by atoms with Crippen LogP contribution in [0.4, 0.5) is 0 Å². The fourth-order valence-electron chi connectivity index (χ4n) is 8.87. The highest BCUT2D eigenvalue weighted by atomic mass is 16.8. The van der Waals surface area contributed by atoms with Crippen molar-refractivity contribution in [3.8, 4) is 5.75 Å². The van der Waals surface area contributed by atoms with Crippen molar-refractivity contribution < 1.29 is 43.1 Å². The Bertz CT molecular complexity index is 1130. The molecule has 0 aromatic heterocycles. The van der Waals surface area contributed by atoms with Gasteiger partial charge in [-0.25, -0.2) is 4.79 Å². The lowest BCUT2D eigenvalue weighted by atomic mass is 9.36. The van der Waals surface area contributed by atoms with E-state index in [-0.39, 0.29) is 17.8 Å². The molecule has 1 aromatic carbocycles. The number of hydrogen-bond donors (Lipinski definition) is 1. The van der Waals surface area contributed by atoms with Gasteiger partial charge in [0.2, 0.25) is 0 Å². The molecule has 1 N–H and O–H groups in total. The summed E-state index contributed by atoms with van der Waals surface area (Å²) in [5, 5.41) is 11.5. The standard InChI is InChI=1S/C28H36O9/c1-13-12-17(33-14(2)29)18-26(5)24(31)35-19-21(34-23(30)15-8-10-16(32-7)11-9-15)28(13,18)22-20(27(19,26)6)36-25(3,4)37-22/h8-11,13,17-22,24,31H,12H2,1-7H3. The highest BCUT2D eigenvalue weighted by Gasteiger charge is 2.90. The van der Waals surface area contributed by atoms with Crippen molar-refractivity contribution in [3.05, 3.63) is 29.8 Å². The smallest absolute Gasteiger partial charge is 0.338 e. The minimum atomic E-state index is -1.16. The lowest BCUT2D eigenvalue weighted by molar-refractivity contribution is -0.304. The third kappa shape index (κ3) is 2.89. The molecule has 7 rings (SSSR count). The van der Waals surface area contributed by atoms with Gasteiger partial charge in [0.25, 0.3) is 0 Å². The maximum atomic E-state index is 13.6. The predicted octanol–water partition coefficient (Wildman–Crippen LogP) is 3.07. The van der Waals surface area contributed by atoms with Gasteiger partial charge < -0.3 is 33.5 Å². The summed E-state index contributed by atoms with van der Waals surface area (Å²) in [4.78, 5) is 25.8. The van der Waals surface area contributed by atoms with Gasteiger partial charge in [0.1, 0.15) is 24.1 Å². The molecule has 6 aliphatic rings. The molecule has 4 aliphatic carbocycles. The summed E-state index contributed by atoms with van der Waals surface area (Å²) in [5.74, 6) is -1.60. The van der Waals surface area contributed by atoms with Crippen LogP contribution in [-0.4, -0.2) is 66.8 Å². The Morgan fingerprint density at radius 2 is 1.62 bits per heavy atom. The van der Waals surface area contributed by atoms with Crippen molar-refractivity contribution in [1.29, 1.82) is 0 Å². The van der Waals surface area contributed by atoms with Crippen LogP contribution in [0.15, 0.2) is 24.3 Å². The summed E-state index contributed by atoms with van der Waals surface area (Å²) >= 11 is 0. The molecule has 9 heteroatoms. The molecule has 11 atom stereocenters. The van der Waals surface area contributed by atoms with Crippen LogP contribution in [-0.2, 0) is 28.5 Å². The topological polar surface area (TPSA) is 110 Å². The average molecular weight is 517 g/mol. The molecule has 202 valence electrons. The van der Waals surface area contributed by atoms with E-state index in [4.69, 9.17) is 28.4 Å². The maximum Gasteiger partial charge on any atom is 0.338 e. The van der Waals surface area contributed by atoms with Gasteiger partial charge in [-0.3, -0.25) is 4.79 Å². The van der Waals surface area contributed by atoms with Crippen LogP contribution in [0.1, 0.15) is 58.3 Å². The fraction of sp³-hybridized carbons (Fsp3) is 0.714. The summed E-state index contributed by atoms with van der Waals surface area (Å²) in [7, 11) is 1.56. The third-order valence-electron chi connectivity index (χ3n) is 10.4. The Kier molecular flexibility index (Phi) is 5.21. The predicted molar refractivity (Wildman–Crippen MR) is 128 cm³/mol. The number of aliphatic hydroxyl groups excluding tert-OH is 1. The summed E-state index contributed by atoms with van der Waals surface area (Å²) in [6.45, 7) is 11.3. The summed E-state index contributed by atoms with van der Waals surface area (Å²) < 4.78 is 37.0. The minimum Gasteiger partial charge on any atom is -0.497 e. The molecule has 0 radical (unpaired) electrons. The van der Waals surface area contributed by atoms with Gasteiger partial charge in [0.15, 0.2) is 12.1 Å². The zero-order valence-electron chi connectivity index (χ0n) is 22.3. The molecule has 2 saturated heterocycles. The van der Waals surface area contributed by atoms with Crippen molar-refractivity contribution in [1.82, 2.24) is 0 Å². The second-order valence-electron chi connectivity index (χ2n) is 12.3. The Morgan fingerprint density at radius 3 is 2.24 bits per heavy atom. The first kappa shape index (κ1) is 25.1. The summed E-state index contributed by atoms with van der Waals surface area (Å²) in [6, 6.07) is 6.74. The number of hydrogen-bond acceptors (Lipinski definition) is 9. The zero-order valence-corrected chi connectivity index (χ0v) is 22.3. The third-order valence-corrected chi connectivity index (χ3v) is 10.4. The van der Waals surface area contributed by atoms with E-state index in [0.29, 0.717) is 17.7 Å². The van der Waals surface area contributed by atoms with Crippen LogP contribution >= 0.6 is 0 Å². The number of carbonyl (C=O) groups excluding carboxylic acids is 2. The van der Waals surface area contributed by atoms with Crippen LogP contribution in [0, 0.1) is 28.1 Å². The van der Waals surface area contributed by atoms with Crippen LogP contribution in [0.2, 0.25) is 0 Å². The molecule has 1 spiro atoms. The Hall–Kier alpha value is -2.20. The molecule has 1 aromatic rings. The summed E-state index contributed by atoms with van der Waals surface area (Å²) in [6.07, 6.45) is -3.34. The van der Waals surface area contributed by atoms with E-state index in [1.807, 2.05) is 27.7 Å². The van der Waals surface area contributed by atoms with Crippen molar-refractivity contribution in [2.24, 2.45) is 28.1 Å². The number of ether oxygens (including phenoxy) is 6. The second-order valence-corrected chi connectivity index (χ2v) is 12.3. The largest absolute Gasteiger partial charge is 0.497 e. The molecule has 4 bridgehead atoms. The van der Waals surface area contributed by atoms with Crippen LogP contribution < -0.4 is 4.74 Å². The van der Waals surface area contributed by atoms with Gasteiger partial charge in [-0.05, 0) is 50.5 Å². The van der Waals surface area contributed by atoms with Gasteiger partial charge in [-0.1, -0.05) is 20.8 Å². The van der Waals surface area contributed by atoms with Gasteiger partial charge in [-0.15, -0.1) is 0 Å². The lowest BCUT2D eigenvalue weighted by Gasteiger charge is -2.69. The molecule has 37 heavy (non-hydrogen) atoms. The van der Waals surface area contributed by atoms with Crippen LogP contribution in [0.3, 0.4) is 0 Å². The van der Waals surface area contributed by atoms with Gasteiger partial charge in [0, 0.05) is 29.1 Å². The first-order valence-electron chi connectivity index (χ1n) is 13.0. The van der Waals surface area contributed by atoms with Crippen molar-refractivity contribution in [3.63, 3.8) is 0 Å². The molecular formula is C28H36O9. The molecule has 2 aliphatic heterocycles. The minimum absolute atomic E-state index is 0.0823. The zero-order chi connectivity index (χ0) is 26.7. The van der Waals surface area contributed by atoms with E-state index >= 15 is 0 Å². The van der Waals surface area contributed by atoms with Gasteiger partial charge in [-0.2, -0.15) is 0 Å². The number of rotatable bonds is 4. The Labute approximate surface area is 216 Å². The molecule has 2 heterocycles. The number of methoxy groups -OCH3 is 1. The average Bonchev–Trinajstić information content (AvgIpc) is 3.37. The molecule has 6 fully saturated rings. The van der Waals surface area contributed by atoms with E-state index < -0.39 is 64.8 Å². The number of aliphatic hydroxyl groups is 1. The van der Waals surface area contributed by atoms with E-state index in [9.17, 15) is 14.7 Å². The van der Waals surface area contributed by atoms with Crippen molar-refractivity contribution in [2.75, 3.05) is 7.11 Å². The quantitative estimate of drug-likeness (QED) is 0.604.